The quantitative estimate of drug-likeness (QED) is 0.890. The maximum Gasteiger partial charge on any atom is 0.253 e. The van der Waals surface area contributed by atoms with Crippen LogP contribution in [0.4, 0.5) is 0 Å². The van der Waals surface area contributed by atoms with Gasteiger partial charge in [-0.05, 0) is 32.0 Å². The number of halogens is 1. The summed E-state index contributed by atoms with van der Waals surface area (Å²) >= 11 is 5.99. The van der Waals surface area contributed by atoms with E-state index >= 15 is 0 Å². The number of ether oxygens (including phenoxy) is 1. The summed E-state index contributed by atoms with van der Waals surface area (Å²) in [4.78, 5) is 16.2. The number of hydrogen-bond donors (Lipinski definition) is 1. The lowest BCUT2D eigenvalue weighted by atomic mass is 10.0. The molecular formula is C18H26ClN2O2+. The van der Waals surface area contributed by atoms with Crippen molar-refractivity contribution < 1.29 is 14.4 Å². The number of nitrogens with one attached hydrogen (secondary N) is 1. The molecule has 0 aromatic heterocycles. The summed E-state index contributed by atoms with van der Waals surface area (Å²) in [6.07, 6.45) is 2.81. The number of carbonyl (C=O) groups excluding carboxylic acids is 1. The molecule has 2 heterocycles. The second-order valence-electron chi connectivity index (χ2n) is 6.90. The molecule has 0 unspecified atom stereocenters. The van der Waals surface area contributed by atoms with Crippen molar-refractivity contribution in [2.45, 2.75) is 44.9 Å². The van der Waals surface area contributed by atoms with Gasteiger partial charge in [0, 0.05) is 36.5 Å². The average molecular weight is 338 g/mol. The van der Waals surface area contributed by atoms with E-state index in [4.69, 9.17) is 16.3 Å². The van der Waals surface area contributed by atoms with Gasteiger partial charge in [0.05, 0.1) is 6.04 Å². The molecule has 5 heteroatoms. The number of rotatable bonds is 2. The number of nitrogens with zero attached hydrogens (tertiary/aromatic N) is 1. The largest absolute Gasteiger partial charge is 0.364 e. The second-order valence-corrected chi connectivity index (χ2v) is 7.34. The third kappa shape index (κ3) is 4.06. The topological polar surface area (TPSA) is 34.0 Å². The van der Waals surface area contributed by atoms with Crippen molar-refractivity contribution in [1.82, 2.24) is 4.90 Å². The highest BCUT2D eigenvalue weighted by Gasteiger charge is 2.34. The van der Waals surface area contributed by atoms with Gasteiger partial charge in [0.15, 0.2) is 0 Å². The van der Waals surface area contributed by atoms with E-state index in [9.17, 15) is 4.79 Å². The summed E-state index contributed by atoms with van der Waals surface area (Å²) < 4.78 is 5.84. The Hall–Kier alpha value is -1.10. The molecule has 0 radical (unpaired) electrons. The van der Waals surface area contributed by atoms with E-state index in [1.54, 1.807) is 17.0 Å². The average Bonchev–Trinajstić information content (AvgIpc) is 2.53. The molecule has 2 saturated heterocycles. The van der Waals surface area contributed by atoms with Crippen LogP contribution in [0.1, 0.15) is 37.0 Å². The number of likely N-dealkylation sites (tertiary alicyclic amines) is 1. The van der Waals surface area contributed by atoms with E-state index in [1.165, 1.54) is 0 Å². The summed E-state index contributed by atoms with van der Waals surface area (Å²) in [6, 6.07) is 7.88. The maximum absolute atomic E-state index is 12.6. The first-order chi connectivity index (χ1) is 11.0. The van der Waals surface area contributed by atoms with Crippen LogP contribution in [-0.2, 0) is 4.74 Å². The second kappa shape index (κ2) is 7.20. The van der Waals surface area contributed by atoms with Crippen molar-refractivity contribution in [2.24, 2.45) is 0 Å². The van der Waals surface area contributed by atoms with Crippen LogP contribution in [-0.4, -0.2) is 55.2 Å². The fourth-order valence-electron chi connectivity index (χ4n) is 3.94. The predicted octanol–water partition coefficient (Wildman–Crippen LogP) is 1.64. The summed E-state index contributed by atoms with van der Waals surface area (Å²) in [7, 11) is 0. The van der Waals surface area contributed by atoms with E-state index in [0.717, 1.165) is 39.0 Å². The van der Waals surface area contributed by atoms with Crippen molar-refractivity contribution in [3.63, 3.8) is 0 Å². The highest BCUT2D eigenvalue weighted by Crippen LogP contribution is 2.16. The molecular weight excluding hydrogens is 312 g/mol. The minimum absolute atomic E-state index is 0.102. The molecule has 0 spiro atoms. The SMILES string of the molecule is C[C@H]1C[NH+](C2CCN(C(=O)c3cccc(Cl)c3)CC2)C[C@H](C)O1. The van der Waals surface area contributed by atoms with Crippen LogP contribution in [0.15, 0.2) is 24.3 Å². The van der Waals surface area contributed by atoms with Gasteiger partial charge in [0.2, 0.25) is 0 Å². The summed E-state index contributed by atoms with van der Waals surface area (Å²) in [5.41, 5.74) is 0.692. The van der Waals surface area contributed by atoms with Crippen LogP contribution in [0.2, 0.25) is 5.02 Å². The van der Waals surface area contributed by atoms with Crippen LogP contribution >= 0.6 is 11.6 Å². The van der Waals surface area contributed by atoms with Gasteiger partial charge in [0.1, 0.15) is 25.3 Å². The van der Waals surface area contributed by atoms with E-state index in [0.29, 0.717) is 28.8 Å². The lowest BCUT2D eigenvalue weighted by Crippen LogP contribution is -3.19. The molecule has 2 aliphatic rings. The van der Waals surface area contributed by atoms with Crippen molar-refractivity contribution in [3.05, 3.63) is 34.9 Å². The number of amides is 1. The molecule has 0 bridgehead atoms. The zero-order chi connectivity index (χ0) is 16.4. The van der Waals surface area contributed by atoms with Crippen LogP contribution in [0.3, 0.4) is 0 Å². The van der Waals surface area contributed by atoms with Gasteiger partial charge in [-0.3, -0.25) is 4.79 Å². The summed E-state index contributed by atoms with van der Waals surface area (Å²) in [5.74, 6) is 0.102. The number of hydrogen-bond acceptors (Lipinski definition) is 2. The van der Waals surface area contributed by atoms with Crippen molar-refractivity contribution >= 4 is 17.5 Å². The van der Waals surface area contributed by atoms with Crippen LogP contribution in [0.5, 0.6) is 0 Å². The van der Waals surface area contributed by atoms with Crippen molar-refractivity contribution in [3.8, 4) is 0 Å². The van der Waals surface area contributed by atoms with E-state index in [1.807, 2.05) is 17.0 Å². The Morgan fingerprint density at radius 2 is 1.87 bits per heavy atom. The molecule has 1 aromatic rings. The molecule has 0 aliphatic carbocycles. The third-order valence-corrected chi connectivity index (χ3v) is 5.23. The van der Waals surface area contributed by atoms with E-state index in [-0.39, 0.29) is 5.91 Å². The summed E-state index contributed by atoms with van der Waals surface area (Å²) in [6.45, 7) is 8.15. The van der Waals surface area contributed by atoms with Crippen LogP contribution in [0.25, 0.3) is 0 Å². The minimum Gasteiger partial charge on any atom is -0.364 e. The number of quaternary nitrogens is 1. The Balaban J connectivity index is 1.57. The minimum atomic E-state index is 0.102. The van der Waals surface area contributed by atoms with Gasteiger partial charge in [-0.1, -0.05) is 17.7 Å². The van der Waals surface area contributed by atoms with Crippen LogP contribution in [0, 0.1) is 0 Å². The molecule has 2 atom stereocenters. The Kier molecular flexibility index (Phi) is 5.24. The maximum atomic E-state index is 12.6. The van der Waals surface area contributed by atoms with Gasteiger partial charge in [-0.25, -0.2) is 0 Å². The first kappa shape index (κ1) is 16.7. The molecule has 1 N–H and O–H groups in total. The fraction of sp³-hybridized carbons (Fsp3) is 0.611. The Morgan fingerprint density at radius 3 is 2.48 bits per heavy atom. The highest BCUT2D eigenvalue weighted by atomic mass is 35.5. The molecule has 1 amide bonds. The molecule has 3 rings (SSSR count). The van der Waals surface area contributed by atoms with Gasteiger partial charge >= 0.3 is 0 Å². The van der Waals surface area contributed by atoms with Crippen LogP contribution < -0.4 is 4.90 Å². The van der Waals surface area contributed by atoms with Gasteiger partial charge in [-0.15, -0.1) is 0 Å². The number of carbonyl (C=O) groups is 1. The molecule has 1 aromatic carbocycles. The molecule has 4 nitrogen and oxygen atoms in total. The lowest BCUT2D eigenvalue weighted by molar-refractivity contribution is -0.940. The molecule has 0 saturated carbocycles. The lowest BCUT2D eigenvalue weighted by Gasteiger charge is -2.41. The third-order valence-electron chi connectivity index (χ3n) is 4.99. The number of piperidine rings is 1. The van der Waals surface area contributed by atoms with E-state index in [2.05, 4.69) is 13.8 Å². The van der Waals surface area contributed by atoms with Crippen molar-refractivity contribution in [1.29, 1.82) is 0 Å². The standard InChI is InChI=1S/C18H25ClN2O2/c1-13-11-21(12-14(2)23-13)17-6-8-20(9-7-17)18(22)15-4-3-5-16(19)10-15/h3-5,10,13-14,17H,6-9,11-12H2,1-2H3/p+1/t13-,14-/m0/s1. The highest BCUT2D eigenvalue weighted by molar-refractivity contribution is 6.30. The Morgan fingerprint density at radius 1 is 1.22 bits per heavy atom. The number of morpholine rings is 1. The zero-order valence-electron chi connectivity index (χ0n) is 13.9. The molecule has 126 valence electrons. The summed E-state index contributed by atoms with van der Waals surface area (Å²) in [5, 5.41) is 0.617. The molecule has 2 aliphatic heterocycles. The van der Waals surface area contributed by atoms with Gasteiger partial charge in [-0.2, -0.15) is 0 Å². The first-order valence-electron chi connectivity index (χ1n) is 8.58. The van der Waals surface area contributed by atoms with E-state index < -0.39 is 0 Å². The monoisotopic (exact) mass is 337 g/mol. The fourth-order valence-corrected chi connectivity index (χ4v) is 4.13. The molecule has 23 heavy (non-hydrogen) atoms. The number of benzene rings is 1. The predicted molar refractivity (Wildman–Crippen MR) is 91.1 cm³/mol. The van der Waals surface area contributed by atoms with Gasteiger partial charge in [0.25, 0.3) is 5.91 Å². The van der Waals surface area contributed by atoms with Crippen molar-refractivity contribution in [2.75, 3.05) is 26.2 Å². The molecule has 2 fully saturated rings. The zero-order valence-corrected chi connectivity index (χ0v) is 14.7. The first-order valence-corrected chi connectivity index (χ1v) is 8.95. The Labute approximate surface area is 143 Å². The van der Waals surface area contributed by atoms with Gasteiger partial charge < -0.3 is 14.5 Å². The smallest absolute Gasteiger partial charge is 0.253 e. The normalized spacial score (nSPS) is 29.5. The Bertz CT molecular complexity index is 548.